The average molecular weight is 302 g/mol. The van der Waals surface area contributed by atoms with Gasteiger partial charge in [0.25, 0.3) is 0 Å². The van der Waals surface area contributed by atoms with Crippen molar-refractivity contribution in [2.24, 2.45) is 0 Å². The maximum atomic E-state index is 12.4. The molecule has 5 nitrogen and oxygen atoms in total. The molecule has 0 saturated carbocycles. The predicted molar refractivity (Wildman–Crippen MR) is 84.0 cm³/mol. The molecular formula is C17H22N2O3. The monoisotopic (exact) mass is 302 g/mol. The van der Waals surface area contributed by atoms with Crippen LogP contribution in [0.1, 0.15) is 30.9 Å². The Kier molecular flexibility index (Phi) is 4.05. The predicted octanol–water partition coefficient (Wildman–Crippen LogP) is 2.51. The fourth-order valence-electron chi connectivity index (χ4n) is 3.35. The Morgan fingerprint density at radius 3 is 2.73 bits per heavy atom. The van der Waals surface area contributed by atoms with Crippen molar-refractivity contribution in [2.45, 2.75) is 39.2 Å². The smallest absolute Gasteiger partial charge is 0.409 e. The van der Waals surface area contributed by atoms with Crippen LogP contribution < -0.4 is 4.90 Å². The SMILES string of the molecule is CCOC(=O)N1CCC(N2C(=O)Cc3ccc(C)cc32)CC1. The second kappa shape index (κ2) is 5.99. The van der Waals surface area contributed by atoms with Crippen LogP contribution in [0.5, 0.6) is 0 Å². The van der Waals surface area contributed by atoms with Crippen LogP contribution in [0.4, 0.5) is 10.5 Å². The molecule has 0 aromatic heterocycles. The fourth-order valence-corrected chi connectivity index (χ4v) is 3.35. The highest BCUT2D eigenvalue weighted by Crippen LogP contribution is 2.34. The van der Waals surface area contributed by atoms with Gasteiger partial charge in [-0.25, -0.2) is 4.79 Å². The Hall–Kier alpha value is -2.04. The summed E-state index contributed by atoms with van der Waals surface area (Å²) in [5.74, 6) is 0.176. The number of carbonyl (C=O) groups is 2. The number of hydrogen-bond donors (Lipinski definition) is 0. The number of aryl methyl sites for hydroxylation is 1. The van der Waals surface area contributed by atoms with Gasteiger partial charge in [-0.2, -0.15) is 0 Å². The van der Waals surface area contributed by atoms with E-state index in [0.717, 1.165) is 24.1 Å². The Morgan fingerprint density at radius 1 is 1.32 bits per heavy atom. The second-order valence-electron chi connectivity index (χ2n) is 5.99. The molecule has 1 fully saturated rings. The minimum atomic E-state index is -0.245. The Balaban J connectivity index is 1.71. The molecule has 22 heavy (non-hydrogen) atoms. The molecule has 5 heteroatoms. The summed E-state index contributed by atoms with van der Waals surface area (Å²) in [6.07, 6.45) is 1.86. The Morgan fingerprint density at radius 2 is 2.05 bits per heavy atom. The molecule has 0 atom stereocenters. The lowest BCUT2D eigenvalue weighted by Gasteiger charge is -2.36. The van der Waals surface area contributed by atoms with E-state index in [9.17, 15) is 9.59 Å². The van der Waals surface area contributed by atoms with Gasteiger partial charge in [-0.05, 0) is 43.9 Å². The normalized spacial score (nSPS) is 18.5. The summed E-state index contributed by atoms with van der Waals surface area (Å²) < 4.78 is 5.04. The van der Waals surface area contributed by atoms with Gasteiger partial charge in [0, 0.05) is 24.8 Å². The van der Waals surface area contributed by atoms with Crippen LogP contribution in [0.25, 0.3) is 0 Å². The number of likely N-dealkylation sites (tertiary alicyclic amines) is 1. The fraction of sp³-hybridized carbons (Fsp3) is 0.529. The van der Waals surface area contributed by atoms with E-state index in [4.69, 9.17) is 4.74 Å². The third-order valence-electron chi connectivity index (χ3n) is 4.47. The summed E-state index contributed by atoms with van der Waals surface area (Å²) in [5, 5.41) is 0. The van der Waals surface area contributed by atoms with Gasteiger partial charge < -0.3 is 14.5 Å². The number of amides is 2. The zero-order valence-corrected chi connectivity index (χ0v) is 13.2. The van der Waals surface area contributed by atoms with Crippen LogP contribution in [0, 0.1) is 6.92 Å². The minimum absolute atomic E-state index is 0.176. The van der Waals surface area contributed by atoms with E-state index < -0.39 is 0 Å². The summed E-state index contributed by atoms with van der Waals surface area (Å²) in [6.45, 7) is 5.55. The van der Waals surface area contributed by atoms with Gasteiger partial charge in [0.05, 0.1) is 13.0 Å². The number of hydrogen-bond acceptors (Lipinski definition) is 3. The van der Waals surface area contributed by atoms with Crippen molar-refractivity contribution in [1.82, 2.24) is 4.90 Å². The lowest BCUT2D eigenvalue weighted by atomic mass is 10.0. The molecule has 1 aromatic carbocycles. The van der Waals surface area contributed by atoms with Crippen LogP contribution in [-0.4, -0.2) is 42.6 Å². The topological polar surface area (TPSA) is 49.9 Å². The van der Waals surface area contributed by atoms with Crippen molar-refractivity contribution in [3.63, 3.8) is 0 Å². The zero-order chi connectivity index (χ0) is 15.7. The highest BCUT2D eigenvalue weighted by Gasteiger charge is 2.35. The van der Waals surface area contributed by atoms with E-state index in [2.05, 4.69) is 18.2 Å². The molecule has 1 aromatic rings. The molecule has 118 valence electrons. The summed E-state index contributed by atoms with van der Waals surface area (Å²) in [6, 6.07) is 6.38. The maximum absolute atomic E-state index is 12.4. The Bertz CT molecular complexity index is 592. The van der Waals surface area contributed by atoms with Crippen LogP contribution in [-0.2, 0) is 16.0 Å². The van der Waals surface area contributed by atoms with Crippen molar-refractivity contribution in [3.8, 4) is 0 Å². The first kappa shape index (κ1) is 14.9. The molecule has 2 aliphatic heterocycles. The van der Waals surface area contributed by atoms with Crippen LogP contribution in [0.15, 0.2) is 18.2 Å². The van der Waals surface area contributed by atoms with Crippen molar-refractivity contribution in [3.05, 3.63) is 29.3 Å². The Labute approximate surface area is 130 Å². The molecule has 0 spiro atoms. The van der Waals surface area contributed by atoms with Crippen molar-refractivity contribution in [1.29, 1.82) is 0 Å². The third kappa shape index (κ3) is 2.67. The number of nitrogens with zero attached hydrogens (tertiary/aromatic N) is 2. The first-order valence-corrected chi connectivity index (χ1v) is 7.93. The van der Waals surface area contributed by atoms with Gasteiger partial charge in [-0.3, -0.25) is 4.79 Å². The molecule has 0 radical (unpaired) electrons. The number of benzene rings is 1. The van der Waals surface area contributed by atoms with E-state index in [1.165, 1.54) is 5.56 Å². The molecule has 1 saturated heterocycles. The van der Waals surface area contributed by atoms with E-state index in [-0.39, 0.29) is 18.0 Å². The largest absolute Gasteiger partial charge is 0.450 e. The lowest BCUT2D eigenvalue weighted by Crippen LogP contribution is -2.48. The van der Waals surface area contributed by atoms with Gasteiger partial charge >= 0.3 is 6.09 Å². The number of fused-ring (bicyclic) bond motifs is 1. The molecule has 0 unspecified atom stereocenters. The van der Waals surface area contributed by atoms with Gasteiger partial charge in [0.2, 0.25) is 5.91 Å². The highest BCUT2D eigenvalue weighted by molar-refractivity contribution is 6.02. The van der Waals surface area contributed by atoms with Gasteiger partial charge in [-0.15, -0.1) is 0 Å². The zero-order valence-electron chi connectivity index (χ0n) is 13.2. The molecule has 2 amide bonds. The number of piperidine rings is 1. The van der Waals surface area contributed by atoms with Gasteiger partial charge in [0.15, 0.2) is 0 Å². The van der Waals surface area contributed by atoms with E-state index >= 15 is 0 Å². The number of ether oxygens (including phenoxy) is 1. The maximum Gasteiger partial charge on any atom is 0.409 e. The first-order chi connectivity index (χ1) is 10.6. The number of anilines is 1. The number of rotatable bonds is 2. The first-order valence-electron chi connectivity index (χ1n) is 7.93. The molecule has 0 bridgehead atoms. The second-order valence-corrected chi connectivity index (χ2v) is 5.99. The standard InChI is InChI=1S/C17H22N2O3/c1-3-22-17(21)18-8-6-14(7-9-18)19-15-10-12(2)4-5-13(15)11-16(19)20/h4-5,10,14H,3,6-9,11H2,1-2H3. The molecule has 0 aliphatic carbocycles. The van der Waals surface area contributed by atoms with Crippen LogP contribution in [0.2, 0.25) is 0 Å². The number of carbonyl (C=O) groups excluding carboxylic acids is 2. The lowest BCUT2D eigenvalue weighted by molar-refractivity contribution is -0.118. The average Bonchev–Trinajstić information content (AvgIpc) is 2.83. The summed E-state index contributed by atoms with van der Waals surface area (Å²) in [7, 11) is 0. The minimum Gasteiger partial charge on any atom is -0.450 e. The summed E-state index contributed by atoms with van der Waals surface area (Å²) in [5.41, 5.74) is 3.34. The molecule has 3 rings (SSSR count). The molecule has 2 aliphatic rings. The van der Waals surface area contributed by atoms with E-state index in [1.807, 2.05) is 18.7 Å². The molecule has 2 heterocycles. The van der Waals surface area contributed by atoms with Crippen LogP contribution >= 0.6 is 0 Å². The summed E-state index contributed by atoms with van der Waals surface area (Å²) in [4.78, 5) is 27.8. The van der Waals surface area contributed by atoms with Crippen molar-refractivity contribution >= 4 is 17.7 Å². The third-order valence-corrected chi connectivity index (χ3v) is 4.47. The van der Waals surface area contributed by atoms with Crippen LogP contribution in [0.3, 0.4) is 0 Å². The highest BCUT2D eigenvalue weighted by atomic mass is 16.6. The van der Waals surface area contributed by atoms with Gasteiger partial charge in [-0.1, -0.05) is 12.1 Å². The van der Waals surface area contributed by atoms with E-state index in [1.54, 1.807) is 4.90 Å². The quantitative estimate of drug-likeness (QED) is 0.843. The molecule has 0 N–H and O–H groups in total. The summed E-state index contributed by atoms with van der Waals surface area (Å²) >= 11 is 0. The van der Waals surface area contributed by atoms with Crippen molar-refractivity contribution in [2.75, 3.05) is 24.6 Å². The van der Waals surface area contributed by atoms with Gasteiger partial charge in [0.1, 0.15) is 0 Å². The molecular weight excluding hydrogens is 280 g/mol. The van der Waals surface area contributed by atoms with Crippen molar-refractivity contribution < 1.29 is 14.3 Å². The van der Waals surface area contributed by atoms with E-state index in [0.29, 0.717) is 26.1 Å².